The number of phosphoric ester groups is 2. The van der Waals surface area contributed by atoms with E-state index in [9.17, 15) is 38.4 Å². The third kappa shape index (κ3) is 8.41. The number of aliphatic hydroxyl groups excluding tert-OH is 1. The minimum Gasteiger partial charge on any atom is -0.756 e. The third-order valence-corrected chi connectivity index (χ3v) is 8.92. The van der Waals surface area contributed by atoms with Crippen molar-refractivity contribution in [2.45, 2.75) is 31.1 Å². The summed E-state index contributed by atoms with van der Waals surface area (Å²) in [5.41, 5.74) is -1.35. The number of aromatic amines is 1. The van der Waals surface area contributed by atoms with Crippen LogP contribution in [0.3, 0.4) is 0 Å². The number of aromatic nitrogens is 2. The van der Waals surface area contributed by atoms with Crippen LogP contribution in [0.1, 0.15) is 11.8 Å². The number of nitrogens with zero attached hydrogens (tertiary/aromatic N) is 1. The van der Waals surface area contributed by atoms with Crippen LogP contribution in [0.4, 0.5) is 4.79 Å². The van der Waals surface area contributed by atoms with Gasteiger partial charge < -0.3 is 38.2 Å². The number of ether oxygens (including phenoxy) is 3. The Morgan fingerprint density at radius 3 is 2.36 bits per heavy atom. The highest BCUT2D eigenvalue weighted by Crippen LogP contribution is 2.56. The number of carbonyl (C=O) groups excluding carboxylic acids is 1. The van der Waals surface area contributed by atoms with E-state index in [2.05, 4.69) is 8.83 Å². The Labute approximate surface area is 253 Å². The van der Waals surface area contributed by atoms with Crippen LogP contribution in [0.25, 0.3) is 10.8 Å². The average Bonchev–Trinajstić information content (AvgIpc) is 3.29. The van der Waals surface area contributed by atoms with E-state index < -0.39 is 70.8 Å². The summed E-state index contributed by atoms with van der Waals surface area (Å²) in [4.78, 5) is 63.0. The Balaban J connectivity index is 1.26. The molecule has 2 N–H and O–H groups in total. The Kier molecular flexibility index (Phi) is 9.79. The van der Waals surface area contributed by atoms with Crippen molar-refractivity contribution in [2.75, 3.05) is 6.61 Å². The van der Waals surface area contributed by atoms with Gasteiger partial charge in [-0.05, 0) is 34.5 Å². The zero-order chi connectivity index (χ0) is 32.2. The fourth-order valence-corrected chi connectivity index (χ4v) is 6.39. The average molecular weight is 662 g/mol. The van der Waals surface area contributed by atoms with Crippen LogP contribution in [0.5, 0.6) is 5.75 Å². The summed E-state index contributed by atoms with van der Waals surface area (Å²) < 4.78 is 54.9. The molecule has 1 aliphatic heterocycles. The molecule has 18 heteroatoms. The van der Waals surface area contributed by atoms with Crippen molar-refractivity contribution in [3.05, 3.63) is 111 Å². The van der Waals surface area contributed by atoms with Crippen molar-refractivity contribution < 1.29 is 56.4 Å². The Morgan fingerprint density at radius 1 is 0.933 bits per heavy atom. The van der Waals surface area contributed by atoms with Crippen molar-refractivity contribution in [2.24, 2.45) is 0 Å². The van der Waals surface area contributed by atoms with E-state index in [0.29, 0.717) is 5.56 Å². The number of para-hydroxylation sites is 1. The molecular weight excluding hydrogens is 638 g/mol. The van der Waals surface area contributed by atoms with Gasteiger partial charge in [0.1, 0.15) is 18.0 Å². The molecule has 45 heavy (non-hydrogen) atoms. The molecule has 1 saturated heterocycles. The van der Waals surface area contributed by atoms with Crippen molar-refractivity contribution in [3.63, 3.8) is 0 Å². The van der Waals surface area contributed by atoms with Crippen LogP contribution in [-0.4, -0.2) is 45.7 Å². The molecule has 0 spiro atoms. The van der Waals surface area contributed by atoms with Crippen LogP contribution in [0.15, 0.2) is 94.6 Å². The smallest absolute Gasteiger partial charge is 0.514 e. The Morgan fingerprint density at radius 2 is 1.62 bits per heavy atom. The first-order valence-electron chi connectivity index (χ1n) is 13.1. The summed E-state index contributed by atoms with van der Waals surface area (Å²) >= 11 is 0. The number of H-pyrrole nitrogens is 1. The summed E-state index contributed by atoms with van der Waals surface area (Å²) in [6.45, 7) is -1.60. The number of nitrogens with one attached hydrogen (secondary N) is 1. The van der Waals surface area contributed by atoms with Crippen molar-refractivity contribution in [1.82, 2.24) is 9.55 Å². The number of hydrogen-bond acceptors (Lipinski definition) is 14. The fourth-order valence-electron chi connectivity index (χ4n) is 4.39. The molecule has 2 heterocycles. The first-order chi connectivity index (χ1) is 21.4. The molecule has 3 aromatic carbocycles. The molecule has 4 aromatic rings. The lowest BCUT2D eigenvalue weighted by Gasteiger charge is -2.31. The molecule has 1 aromatic heterocycles. The predicted octanol–water partition coefficient (Wildman–Crippen LogP) is 1.72. The standard InChI is InChI=1S/C27H26N2O14P2/c30-22-12-13-29(26(32)28-22)25-23(31)24(42-27(33)40-20-8-2-1-3-9-20)21(41-25)16-39-45(36,37)43-44(34,35)38-15-17-10-11-18-6-4-5-7-19(18)14-17/h1-14,21,23-25,31H,15-16H2,(H,34,35)(H,36,37)(H,28,30,32)/p-2/t21-,23?,24+,25-/m1/s1. The van der Waals surface area contributed by atoms with Gasteiger partial charge in [0.25, 0.3) is 21.2 Å². The molecule has 16 nitrogen and oxygen atoms in total. The summed E-state index contributed by atoms with van der Waals surface area (Å²) in [6, 6.07) is 20.8. The fraction of sp³-hybridized carbons (Fsp3) is 0.222. The normalized spacial score (nSPS) is 22.4. The number of fused-ring (bicyclic) bond motifs is 1. The highest BCUT2D eigenvalue weighted by molar-refractivity contribution is 7.59. The van der Waals surface area contributed by atoms with Gasteiger partial charge in [-0.2, -0.15) is 0 Å². The van der Waals surface area contributed by atoms with Gasteiger partial charge in [0.2, 0.25) is 0 Å². The number of carbonyl (C=O) groups is 1. The minimum atomic E-state index is -5.67. The third-order valence-electron chi connectivity index (χ3n) is 6.41. The van der Waals surface area contributed by atoms with E-state index in [1.807, 2.05) is 17.1 Å². The van der Waals surface area contributed by atoms with Gasteiger partial charge in [0.15, 0.2) is 12.3 Å². The van der Waals surface area contributed by atoms with Gasteiger partial charge in [0, 0.05) is 12.3 Å². The molecular formula is C27H24N2O14P2-2. The van der Waals surface area contributed by atoms with E-state index in [4.69, 9.17) is 18.7 Å². The molecule has 0 aliphatic carbocycles. The monoisotopic (exact) mass is 662 g/mol. The second kappa shape index (κ2) is 13.6. The lowest BCUT2D eigenvalue weighted by molar-refractivity contribution is -0.246. The van der Waals surface area contributed by atoms with E-state index in [-0.39, 0.29) is 5.75 Å². The van der Waals surface area contributed by atoms with Crippen LogP contribution < -0.4 is 25.8 Å². The summed E-state index contributed by atoms with van der Waals surface area (Å²) in [7, 11) is -11.2. The van der Waals surface area contributed by atoms with Crippen LogP contribution >= 0.6 is 15.6 Å². The van der Waals surface area contributed by atoms with E-state index in [0.717, 1.165) is 27.6 Å². The van der Waals surface area contributed by atoms with Gasteiger partial charge in [-0.15, -0.1) is 0 Å². The van der Waals surface area contributed by atoms with E-state index in [1.54, 1.807) is 48.5 Å². The van der Waals surface area contributed by atoms with Gasteiger partial charge in [-0.1, -0.05) is 54.6 Å². The van der Waals surface area contributed by atoms with Crippen LogP contribution in [0.2, 0.25) is 0 Å². The van der Waals surface area contributed by atoms with Crippen molar-refractivity contribution in [3.8, 4) is 5.75 Å². The quantitative estimate of drug-likeness (QED) is 0.132. The molecule has 0 amide bonds. The van der Waals surface area contributed by atoms with Crippen LogP contribution in [0, 0.1) is 0 Å². The maximum atomic E-state index is 12.5. The minimum absolute atomic E-state index is 0.0736. The molecule has 6 atom stereocenters. The number of hydrogen-bond donors (Lipinski definition) is 2. The van der Waals surface area contributed by atoms with E-state index >= 15 is 0 Å². The Bertz CT molecular complexity index is 1880. The van der Waals surface area contributed by atoms with Gasteiger partial charge in [0.05, 0.1) is 13.2 Å². The molecule has 3 unspecified atom stereocenters. The maximum Gasteiger partial charge on any atom is 0.514 e. The summed E-state index contributed by atoms with van der Waals surface area (Å²) in [5, 5.41) is 12.6. The zero-order valence-electron chi connectivity index (χ0n) is 22.9. The molecule has 5 rings (SSSR count). The molecule has 0 bridgehead atoms. The second-order valence-electron chi connectivity index (χ2n) is 9.55. The lowest BCUT2D eigenvalue weighted by atomic mass is 10.1. The van der Waals surface area contributed by atoms with E-state index in [1.165, 1.54) is 12.1 Å². The molecule has 0 saturated carbocycles. The zero-order valence-corrected chi connectivity index (χ0v) is 24.7. The Hall–Kier alpha value is -3.95. The summed E-state index contributed by atoms with van der Waals surface area (Å²) in [5.74, 6) is 0.0736. The topological polar surface area (TPSA) is 228 Å². The summed E-state index contributed by atoms with van der Waals surface area (Å²) in [6.07, 6.45) is -7.12. The number of phosphoric acid groups is 2. The molecule has 1 fully saturated rings. The molecule has 0 radical (unpaired) electrons. The van der Waals surface area contributed by atoms with Gasteiger partial charge in [-0.3, -0.25) is 23.5 Å². The maximum absolute atomic E-state index is 12.5. The SMILES string of the molecule is O=C(Oc1ccccc1)O[C@@H]1C(O)[C@H](n2ccc(=O)[nH]c2=O)O[C@@H]1COP(=O)([O-])OP(=O)([O-])OCc1ccc2ccccc2c1. The molecule has 1 aliphatic rings. The lowest BCUT2D eigenvalue weighted by Crippen LogP contribution is -2.40. The second-order valence-corrected chi connectivity index (χ2v) is 12.5. The largest absolute Gasteiger partial charge is 0.756 e. The van der Waals surface area contributed by atoms with Gasteiger partial charge in [-0.25, -0.2) is 13.9 Å². The first kappa shape index (κ1) is 32.4. The van der Waals surface area contributed by atoms with Crippen molar-refractivity contribution in [1.29, 1.82) is 0 Å². The number of aliphatic hydroxyl groups is 1. The first-order valence-corrected chi connectivity index (χ1v) is 16.0. The van der Waals surface area contributed by atoms with Gasteiger partial charge >= 0.3 is 11.8 Å². The number of rotatable bonds is 11. The van der Waals surface area contributed by atoms with Crippen molar-refractivity contribution >= 4 is 32.6 Å². The highest BCUT2D eigenvalue weighted by Gasteiger charge is 2.48. The molecule has 238 valence electrons. The number of benzene rings is 3. The van der Waals surface area contributed by atoms with Crippen LogP contribution in [-0.2, 0) is 38.6 Å². The predicted molar refractivity (Wildman–Crippen MR) is 150 cm³/mol. The highest BCUT2D eigenvalue weighted by atomic mass is 31.3.